The molecule has 0 amide bonds. The van der Waals surface area contributed by atoms with Crippen molar-refractivity contribution in [2.24, 2.45) is 0 Å². The molecule has 0 bridgehead atoms. The van der Waals surface area contributed by atoms with E-state index in [2.05, 4.69) is 16.2 Å². The molecule has 0 aliphatic rings. The maximum Gasteiger partial charge on any atom is 0 e. The molecule has 0 fully saturated rings. The van der Waals surface area contributed by atoms with E-state index in [9.17, 15) is 0 Å². The molecule has 1 heterocycles. The molecule has 1 N–H and O–H groups in total. The fourth-order valence-electron chi connectivity index (χ4n) is 0.186. The number of nitrogens with one attached hydrogen (secondary N) is 1. The first kappa shape index (κ1) is 5.87. The van der Waals surface area contributed by atoms with E-state index in [1.54, 1.807) is 12.5 Å². The van der Waals surface area contributed by atoms with Gasteiger partial charge in [-0.1, -0.05) is 12.5 Å². The van der Waals surface area contributed by atoms with Crippen LogP contribution in [0.4, 0.5) is 0 Å². The van der Waals surface area contributed by atoms with E-state index in [1.165, 1.54) is 0 Å². The number of imidazole rings is 1. The summed E-state index contributed by atoms with van der Waals surface area (Å²) in [7, 11) is 0. The molecule has 1 rings (SSSR count). The molecular formula is C3H3N2Re-. The van der Waals surface area contributed by atoms with E-state index in [-0.39, 0.29) is 20.4 Å². The van der Waals surface area contributed by atoms with Crippen LogP contribution in [0.15, 0.2) is 12.5 Å². The van der Waals surface area contributed by atoms with Gasteiger partial charge in [-0.05, 0) is 0 Å². The van der Waals surface area contributed by atoms with Gasteiger partial charge < -0.3 is 9.97 Å². The Labute approximate surface area is 49.6 Å². The normalized spacial score (nSPS) is 6.67. The molecule has 0 saturated heterocycles. The third-order valence-electron chi connectivity index (χ3n) is 0.362. The Balaban J connectivity index is 0.000000250. The summed E-state index contributed by atoms with van der Waals surface area (Å²) in [6.07, 6.45) is 5.76. The van der Waals surface area contributed by atoms with Crippen LogP contribution in [0.25, 0.3) is 0 Å². The molecule has 1 aromatic heterocycles. The Hall–Kier alpha value is -0.128. The van der Waals surface area contributed by atoms with Gasteiger partial charge in [0.25, 0.3) is 0 Å². The Morgan fingerprint density at radius 3 is 2.67 bits per heavy atom. The Morgan fingerprint density at radius 1 is 1.67 bits per heavy atom. The summed E-state index contributed by atoms with van der Waals surface area (Å²) in [6, 6.07) is 0. The number of nitrogens with zero attached hydrogens (tertiary/aromatic N) is 1. The van der Waals surface area contributed by atoms with Crippen LogP contribution in [0.5, 0.6) is 0 Å². The van der Waals surface area contributed by atoms with E-state index >= 15 is 0 Å². The second-order valence-electron chi connectivity index (χ2n) is 0.698. The van der Waals surface area contributed by atoms with Crippen molar-refractivity contribution in [3.8, 4) is 0 Å². The molecule has 0 saturated carbocycles. The van der Waals surface area contributed by atoms with Crippen molar-refractivity contribution in [2.45, 2.75) is 0 Å². The zero-order valence-electron chi connectivity index (χ0n) is 2.98. The summed E-state index contributed by atoms with van der Waals surface area (Å²) >= 11 is 0. The van der Waals surface area contributed by atoms with Crippen LogP contribution in [0, 0.1) is 6.20 Å². The van der Waals surface area contributed by atoms with Crippen LogP contribution >= 0.6 is 0 Å². The fourth-order valence-corrected chi connectivity index (χ4v) is 0.186. The molecule has 0 aliphatic carbocycles. The molecule has 0 atom stereocenters. The third-order valence-corrected chi connectivity index (χ3v) is 0.362. The molecule has 0 spiro atoms. The topological polar surface area (TPSA) is 28.7 Å². The molecule has 1 aromatic rings. The number of H-pyrrole nitrogens is 1. The van der Waals surface area contributed by atoms with Crippen LogP contribution in [0.3, 0.4) is 0 Å². The number of hydrogen-bond acceptors (Lipinski definition) is 1. The average Bonchev–Trinajstić information content (AvgIpc) is 1.76. The minimum absolute atomic E-state index is 0. The molecular weight excluding hydrogens is 250 g/mol. The smallest absolute Gasteiger partial charge is 0 e. The molecule has 0 aliphatic heterocycles. The van der Waals surface area contributed by atoms with E-state index in [0.29, 0.717) is 0 Å². The Morgan fingerprint density at radius 2 is 2.50 bits per heavy atom. The molecule has 0 unspecified atom stereocenters. The second-order valence-corrected chi connectivity index (χ2v) is 0.698. The molecule has 6 heavy (non-hydrogen) atoms. The van der Waals surface area contributed by atoms with Gasteiger partial charge >= 0.3 is 0 Å². The van der Waals surface area contributed by atoms with Gasteiger partial charge in [0, 0.05) is 20.4 Å². The van der Waals surface area contributed by atoms with E-state index in [1.807, 2.05) is 0 Å². The third kappa shape index (κ3) is 1.35. The van der Waals surface area contributed by atoms with Crippen molar-refractivity contribution in [2.75, 3.05) is 0 Å². The largest absolute Gasteiger partial charge is 0.444 e. The fraction of sp³-hybridized carbons (Fsp3) is 0. The minimum Gasteiger partial charge on any atom is -0.444 e. The zero-order valence-corrected chi connectivity index (χ0v) is 5.70. The van der Waals surface area contributed by atoms with Gasteiger partial charge in [-0.25, -0.2) is 0 Å². The average molecular weight is 253 g/mol. The summed E-state index contributed by atoms with van der Waals surface area (Å²) in [6.45, 7) is 0. The van der Waals surface area contributed by atoms with Crippen molar-refractivity contribution >= 4 is 0 Å². The molecule has 0 aromatic carbocycles. The standard InChI is InChI=1S/C3H3N2.Re/c1-2-5-3-4-1;/h1,3H,(H,4,5);/q-1;. The summed E-state index contributed by atoms with van der Waals surface area (Å²) in [4.78, 5) is 6.24. The second kappa shape index (κ2) is 3.08. The van der Waals surface area contributed by atoms with Crippen LogP contribution in [-0.2, 0) is 20.4 Å². The monoisotopic (exact) mass is 254 g/mol. The maximum absolute atomic E-state index is 3.54. The quantitative estimate of drug-likeness (QED) is 0.658. The van der Waals surface area contributed by atoms with Gasteiger partial charge in [-0.3, -0.25) is 0 Å². The van der Waals surface area contributed by atoms with E-state index in [4.69, 9.17) is 0 Å². The van der Waals surface area contributed by atoms with Gasteiger partial charge in [0.1, 0.15) is 0 Å². The van der Waals surface area contributed by atoms with Crippen molar-refractivity contribution in [3.63, 3.8) is 0 Å². The predicted octanol–water partition coefficient (Wildman–Crippen LogP) is 0.207. The maximum atomic E-state index is 3.54. The van der Waals surface area contributed by atoms with Crippen molar-refractivity contribution in [1.82, 2.24) is 9.97 Å². The summed E-state index contributed by atoms with van der Waals surface area (Å²) in [5, 5.41) is 0. The van der Waals surface area contributed by atoms with Crippen molar-refractivity contribution in [3.05, 3.63) is 18.7 Å². The molecule has 33 valence electrons. The summed E-state index contributed by atoms with van der Waals surface area (Å²) in [5.74, 6) is 0. The number of hydrogen-bond donors (Lipinski definition) is 1. The first-order valence-corrected chi connectivity index (χ1v) is 1.35. The summed E-state index contributed by atoms with van der Waals surface area (Å²) < 4.78 is 0. The van der Waals surface area contributed by atoms with Gasteiger partial charge in [-0.2, -0.15) is 0 Å². The van der Waals surface area contributed by atoms with Crippen LogP contribution in [-0.4, -0.2) is 9.97 Å². The van der Waals surface area contributed by atoms with Crippen molar-refractivity contribution < 1.29 is 20.4 Å². The number of rotatable bonds is 0. The van der Waals surface area contributed by atoms with E-state index in [0.717, 1.165) is 0 Å². The van der Waals surface area contributed by atoms with Gasteiger partial charge in [0.05, 0.1) is 0 Å². The minimum atomic E-state index is 0. The van der Waals surface area contributed by atoms with Crippen LogP contribution in [0.2, 0.25) is 0 Å². The van der Waals surface area contributed by atoms with Gasteiger partial charge in [0.2, 0.25) is 0 Å². The molecule has 1 radical (unpaired) electrons. The predicted molar refractivity (Wildman–Crippen MR) is 17.4 cm³/mol. The molecule has 3 heteroatoms. The van der Waals surface area contributed by atoms with Crippen molar-refractivity contribution in [1.29, 1.82) is 0 Å². The van der Waals surface area contributed by atoms with Gasteiger partial charge in [-0.15, -0.1) is 6.20 Å². The molecule has 2 nitrogen and oxygen atoms in total. The van der Waals surface area contributed by atoms with Gasteiger partial charge in [0.15, 0.2) is 0 Å². The van der Waals surface area contributed by atoms with Crippen LogP contribution < -0.4 is 0 Å². The first-order chi connectivity index (χ1) is 2.50. The first-order valence-electron chi connectivity index (χ1n) is 1.35. The van der Waals surface area contributed by atoms with E-state index < -0.39 is 0 Å². The zero-order chi connectivity index (χ0) is 3.54. The number of aromatic nitrogens is 2. The SMILES string of the molecule is [Re].[c-]1c[nH]cn1. The van der Waals surface area contributed by atoms with Crippen LogP contribution in [0.1, 0.15) is 0 Å². The Bertz CT molecular complexity index is 65.3. The Kier molecular flexibility index (Phi) is 3.01. The summed E-state index contributed by atoms with van der Waals surface area (Å²) in [5.41, 5.74) is 0. The number of aromatic amines is 1.